The number of rotatable bonds is 5. The standard InChI is InChI=1S/C12H17N5O2S/c1-8(9-6-15-16-7-9)17-11-4-3-10(13)5-12(11)20(18,19)14-2/h3-8,14,17H,13H2,1-2H3,(H,15,16). The van der Waals surface area contributed by atoms with E-state index in [0.29, 0.717) is 11.4 Å². The van der Waals surface area contributed by atoms with Gasteiger partial charge in [0.25, 0.3) is 0 Å². The SMILES string of the molecule is CNS(=O)(=O)c1cc(N)ccc1NC(C)c1cn[nH]c1. The quantitative estimate of drug-likeness (QED) is 0.616. The minimum Gasteiger partial charge on any atom is -0.399 e. The summed E-state index contributed by atoms with van der Waals surface area (Å²) in [6.45, 7) is 1.91. The molecule has 0 spiro atoms. The number of benzene rings is 1. The van der Waals surface area contributed by atoms with Gasteiger partial charge in [-0.15, -0.1) is 0 Å². The molecule has 1 aromatic carbocycles. The highest BCUT2D eigenvalue weighted by Crippen LogP contribution is 2.27. The number of anilines is 2. The molecule has 20 heavy (non-hydrogen) atoms. The summed E-state index contributed by atoms with van der Waals surface area (Å²) in [6, 6.07) is 4.63. The first-order chi connectivity index (χ1) is 9.44. The molecule has 0 saturated heterocycles. The summed E-state index contributed by atoms with van der Waals surface area (Å²) in [5.41, 5.74) is 7.47. The summed E-state index contributed by atoms with van der Waals surface area (Å²) in [5.74, 6) is 0. The van der Waals surface area contributed by atoms with Gasteiger partial charge in [0, 0.05) is 17.4 Å². The molecule has 0 fully saturated rings. The van der Waals surface area contributed by atoms with Crippen molar-refractivity contribution in [2.75, 3.05) is 18.1 Å². The van der Waals surface area contributed by atoms with Gasteiger partial charge in [-0.2, -0.15) is 5.10 Å². The number of nitrogen functional groups attached to an aromatic ring is 1. The molecule has 0 saturated carbocycles. The van der Waals surface area contributed by atoms with E-state index in [-0.39, 0.29) is 10.9 Å². The molecule has 1 unspecified atom stereocenters. The van der Waals surface area contributed by atoms with Gasteiger partial charge in [0.1, 0.15) is 4.90 Å². The first-order valence-corrected chi connectivity index (χ1v) is 7.50. The van der Waals surface area contributed by atoms with Gasteiger partial charge in [-0.05, 0) is 32.2 Å². The van der Waals surface area contributed by atoms with Gasteiger partial charge in [0.05, 0.1) is 17.9 Å². The molecule has 0 bridgehead atoms. The topological polar surface area (TPSA) is 113 Å². The molecule has 2 rings (SSSR count). The molecular weight excluding hydrogens is 278 g/mol. The van der Waals surface area contributed by atoms with Crippen LogP contribution >= 0.6 is 0 Å². The Morgan fingerprint density at radius 3 is 2.75 bits per heavy atom. The third kappa shape index (κ3) is 2.91. The Morgan fingerprint density at radius 2 is 2.15 bits per heavy atom. The Hall–Kier alpha value is -2.06. The van der Waals surface area contributed by atoms with Crippen molar-refractivity contribution < 1.29 is 8.42 Å². The van der Waals surface area contributed by atoms with Crippen molar-refractivity contribution in [2.24, 2.45) is 0 Å². The van der Waals surface area contributed by atoms with Crippen molar-refractivity contribution in [3.63, 3.8) is 0 Å². The van der Waals surface area contributed by atoms with Gasteiger partial charge in [0.2, 0.25) is 10.0 Å². The zero-order chi connectivity index (χ0) is 14.8. The lowest BCUT2D eigenvalue weighted by molar-refractivity contribution is 0.588. The van der Waals surface area contributed by atoms with Crippen LogP contribution in [0.1, 0.15) is 18.5 Å². The van der Waals surface area contributed by atoms with E-state index in [1.807, 2.05) is 6.92 Å². The van der Waals surface area contributed by atoms with E-state index in [1.54, 1.807) is 24.5 Å². The number of nitrogens with two attached hydrogens (primary N) is 1. The molecule has 8 heteroatoms. The molecule has 0 amide bonds. The molecule has 0 aliphatic rings. The Bertz CT molecular complexity index is 682. The Kier molecular flexibility index (Phi) is 3.96. The Labute approximate surface area is 117 Å². The number of nitrogens with one attached hydrogen (secondary N) is 3. The van der Waals surface area contributed by atoms with Crippen molar-refractivity contribution in [3.05, 3.63) is 36.2 Å². The van der Waals surface area contributed by atoms with E-state index in [1.165, 1.54) is 13.1 Å². The molecular formula is C12H17N5O2S. The Balaban J connectivity index is 2.37. The van der Waals surface area contributed by atoms with E-state index in [0.717, 1.165) is 5.56 Å². The fourth-order valence-electron chi connectivity index (χ4n) is 1.80. The van der Waals surface area contributed by atoms with Gasteiger partial charge in [-0.3, -0.25) is 5.10 Å². The molecule has 0 radical (unpaired) electrons. The van der Waals surface area contributed by atoms with Crippen LogP contribution in [0.4, 0.5) is 11.4 Å². The highest BCUT2D eigenvalue weighted by Gasteiger charge is 2.18. The van der Waals surface area contributed by atoms with E-state index in [9.17, 15) is 8.42 Å². The molecule has 2 aromatic rings. The number of aromatic nitrogens is 2. The van der Waals surface area contributed by atoms with Gasteiger partial charge in [-0.25, -0.2) is 13.1 Å². The second-order valence-corrected chi connectivity index (χ2v) is 6.22. The number of hydrogen-bond donors (Lipinski definition) is 4. The minimum absolute atomic E-state index is 0.0943. The molecule has 0 aliphatic carbocycles. The number of aromatic amines is 1. The maximum absolute atomic E-state index is 12.0. The molecule has 108 valence electrons. The minimum atomic E-state index is -3.58. The van der Waals surface area contributed by atoms with E-state index >= 15 is 0 Å². The monoisotopic (exact) mass is 295 g/mol. The van der Waals surface area contributed by atoms with Crippen molar-refractivity contribution in [1.29, 1.82) is 0 Å². The zero-order valence-electron chi connectivity index (χ0n) is 11.2. The van der Waals surface area contributed by atoms with Crippen LogP contribution in [0.3, 0.4) is 0 Å². The third-order valence-electron chi connectivity index (χ3n) is 2.96. The second-order valence-electron chi connectivity index (χ2n) is 4.36. The second kappa shape index (κ2) is 5.51. The summed E-state index contributed by atoms with van der Waals surface area (Å²) >= 11 is 0. The molecule has 1 atom stereocenters. The highest BCUT2D eigenvalue weighted by molar-refractivity contribution is 7.89. The van der Waals surface area contributed by atoms with Crippen LogP contribution in [0.15, 0.2) is 35.5 Å². The average molecular weight is 295 g/mol. The Morgan fingerprint density at radius 1 is 1.40 bits per heavy atom. The van der Waals surface area contributed by atoms with Crippen LogP contribution in [-0.4, -0.2) is 25.7 Å². The van der Waals surface area contributed by atoms with Crippen LogP contribution < -0.4 is 15.8 Å². The number of H-pyrrole nitrogens is 1. The van der Waals surface area contributed by atoms with E-state index < -0.39 is 10.0 Å². The maximum Gasteiger partial charge on any atom is 0.242 e. The smallest absolute Gasteiger partial charge is 0.242 e. The average Bonchev–Trinajstić information content (AvgIpc) is 2.94. The van der Waals surface area contributed by atoms with Gasteiger partial charge in [0.15, 0.2) is 0 Å². The molecule has 0 aliphatic heterocycles. The molecule has 1 heterocycles. The summed E-state index contributed by atoms with van der Waals surface area (Å²) in [7, 11) is -2.22. The van der Waals surface area contributed by atoms with Crippen LogP contribution in [0.5, 0.6) is 0 Å². The van der Waals surface area contributed by atoms with Crippen LogP contribution in [0, 0.1) is 0 Å². The largest absolute Gasteiger partial charge is 0.399 e. The molecule has 5 N–H and O–H groups in total. The van der Waals surface area contributed by atoms with Crippen LogP contribution in [-0.2, 0) is 10.0 Å². The van der Waals surface area contributed by atoms with Gasteiger partial charge in [-0.1, -0.05) is 0 Å². The summed E-state index contributed by atoms with van der Waals surface area (Å²) in [4.78, 5) is 0.121. The van der Waals surface area contributed by atoms with Crippen LogP contribution in [0.2, 0.25) is 0 Å². The van der Waals surface area contributed by atoms with Crippen molar-refractivity contribution in [1.82, 2.24) is 14.9 Å². The van der Waals surface area contributed by atoms with E-state index in [2.05, 4.69) is 20.2 Å². The van der Waals surface area contributed by atoms with Crippen molar-refractivity contribution in [3.8, 4) is 0 Å². The molecule has 1 aromatic heterocycles. The van der Waals surface area contributed by atoms with Gasteiger partial charge >= 0.3 is 0 Å². The van der Waals surface area contributed by atoms with E-state index in [4.69, 9.17) is 5.73 Å². The first kappa shape index (κ1) is 14.4. The lowest BCUT2D eigenvalue weighted by Gasteiger charge is -2.17. The summed E-state index contributed by atoms with van der Waals surface area (Å²) < 4.78 is 26.3. The van der Waals surface area contributed by atoms with Gasteiger partial charge < -0.3 is 11.1 Å². The molecule has 7 nitrogen and oxygen atoms in total. The number of sulfonamides is 1. The first-order valence-electron chi connectivity index (χ1n) is 6.02. The fourth-order valence-corrected chi connectivity index (χ4v) is 2.73. The van der Waals surface area contributed by atoms with Crippen molar-refractivity contribution >= 4 is 21.4 Å². The highest BCUT2D eigenvalue weighted by atomic mass is 32.2. The normalized spacial score (nSPS) is 13.1. The number of hydrogen-bond acceptors (Lipinski definition) is 5. The zero-order valence-corrected chi connectivity index (χ0v) is 12.0. The fraction of sp³-hybridized carbons (Fsp3) is 0.250. The number of nitrogens with zero attached hydrogens (tertiary/aromatic N) is 1. The lowest BCUT2D eigenvalue weighted by atomic mass is 10.2. The predicted molar refractivity (Wildman–Crippen MR) is 77.7 cm³/mol. The predicted octanol–water partition coefficient (Wildman–Crippen LogP) is 1.07. The lowest BCUT2D eigenvalue weighted by Crippen LogP contribution is -2.21. The third-order valence-corrected chi connectivity index (χ3v) is 4.41. The van der Waals surface area contributed by atoms with Crippen molar-refractivity contribution in [2.45, 2.75) is 17.9 Å². The summed E-state index contributed by atoms with van der Waals surface area (Å²) in [6.07, 6.45) is 3.43. The summed E-state index contributed by atoms with van der Waals surface area (Å²) in [5, 5.41) is 9.74. The van der Waals surface area contributed by atoms with Crippen LogP contribution in [0.25, 0.3) is 0 Å². The maximum atomic E-state index is 12.0.